The Morgan fingerprint density at radius 1 is 1.16 bits per heavy atom. The Bertz CT molecular complexity index is 410. The zero-order chi connectivity index (χ0) is 14.1. The second kappa shape index (κ2) is 8.72. The fraction of sp³-hybridized carbons (Fsp3) is 0.500. The Kier molecular flexibility index (Phi) is 7.22. The molecule has 0 bridgehead atoms. The highest BCUT2D eigenvalue weighted by Crippen LogP contribution is 2.28. The number of nitrogens with two attached hydrogens (primary N) is 1. The minimum atomic E-state index is 0.354. The predicted octanol–water partition coefficient (Wildman–Crippen LogP) is 2.52. The zero-order valence-electron chi connectivity index (χ0n) is 11.5. The van der Waals surface area contributed by atoms with E-state index in [1.54, 1.807) is 7.11 Å². The molecule has 1 aromatic rings. The molecule has 0 heterocycles. The Morgan fingerprint density at radius 2 is 1.89 bits per heavy atom. The van der Waals surface area contributed by atoms with Gasteiger partial charge in [0.1, 0.15) is 4.99 Å². The lowest BCUT2D eigenvalue weighted by molar-refractivity contribution is 0.183. The van der Waals surface area contributed by atoms with Crippen LogP contribution in [-0.2, 0) is 4.74 Å². The van der Waals surface area contributed by atoms with Gasteiger partial charge in [-0.05, 0) is 38.0 Å². The number of unbranched alkanes of at least 4 members (excludes halogenated alkanes) is 1. The van der Waals surface area contributed by atoms with E-state index in [9.17, 15) is 0 Å². The van der Waals surface area contributed by atoms with Crippen LogP contribution in [0.25, 0.3) is 0 Å². The smallest absolute Gasteiger partial charge is 0.161 e. The van der Waals surface area contributed by atoms with Crippen LogP contribution in [0.3, 0.4) is 0 Å². The van der Waals surface area contributed by atoms with Crippen LogP contribution in [0, 0.1) is 0 Å². The van der Waals surface area contributed by atoms with Crippen LogP contribution < -0.4 is 15.2 Å². The lowest BCUT2D eigenvalue weighted by atomic mass is 10.2. The molecule has 1 aromatic carbocycles. The highest BCUT2D eigenvalue weighted by Gasteiger charge is 2.07. The van der Waals surface area contributed by atoms with Crippen molar-refractivity contribution in [2.75, 3.05) is 26.9 Å². The van der Waals surface area contributed by atoms with E-state index in [1.807, 2.05) is 25.1 Å². The number of hydrogen-bond acceptors (Lipinski definition) is 4. The molecule has 0 radical (unpaired) electrons. The predicted molar refractivity (Wildman–Crippen MR) is 80.1 cm³/mol. The van der Waals surface area contributed by atoms with Crippen LogP contribution in [0.1, 0.15) is 25.3 Å². The van der Waals surface area contributed by atoms with Gasteiger partial charge in [0.05, 0.1) is 13.2 Å². The molecule has 0 unspecified atom stereocenters. The van der Waals surface area contributed by atoms with Crippen molar-refractivity contribution in [3.8, 4) is 11.5 Å². The Hall–Kier alpha value is -1.33. The van der Waals surface area contributed by atoms with Gasteiger partial charge >= 0.3 is 0 Å². The maximum atomic E-state index is 5.71. The van der Waals surface area contributed by atoms with Crippen LogP contribution in [-0.4, -0.2) is 31.9 Å². The molecule has 0 saturated carbocycles. The average Bonchev–Trinajstić information content (AvgIpc) is 2.40. The summed E-state index contributed by atoms with van der Waals surface area (Å²) < 4.78 is 16.2. The maximum absolute atomic E-state index is 5.71. The number of ether oxygens (including phenoxy) is 3. The van der Waals surface area contributed by atoms with E-state index in [-0.39, 0.29) is 0 Å². The molecular weight excluding hydrogens is 262 g/mol. The number of hydrogen-bond donors (Lipinski definition) is 1. The molecule has 0 fully saturated rings. The van der Waals surface area contributed by atoms with Crippen molar-refractivity contribution in [1.82, 2.24) is 0 Å². The molecule has 19 heavy (non-hydrogen) atoms. The third-order valence-corrected chi connectivity index (χ3v) is 2.76. The fourth-order valence-electron chi connectivity index (χ4n) is 1.58. The highest BCUT2D eigenvalue weighted by atomic mass is 32.1. The van der Waals surface area contributed by atoms with E-state index in [0.717, 1.165) is 30.8 Å². The molecule has 0 amide bonds. The Morgan fingerprint density at radius 3 is 2.53 bits per heavy atom. The lowest BCUT2D eigenvalue weighted by Gasteiger charge is -2.13. The quantitative estimate of drug-likeness (QED) is 0.557. The maximum Gasteiger partial charge on any atom is 0.161 e. The minimum absolute atomic E-state index is 0.354. The van der Waals surface area contributed by atoms with Crippen LogP contribution in [0.5, 0.6) is 11.5 Å². The lowest BCUT2D eigenvalue weighted by Crippen LogP contribution is -2.10. The summed E-state index contributed by atoms with van der Waals surface area (Å²) in [6.07, 6.45) is 1.92. The normalized spacial score (nSPS) is 10.2. The van der Waals surface area contributed by atoms with Crippen molar-refractivity contribution >= 4 is 17.2 Å². The third kappa shape index (κ3) is 5.44. The summed E-state index contributed by atoms with van der Waals surface area (Å²) in [5.41, 5.74) is 6.39. The first-order chi connectivity index (χ1) is 9.19. The summed E-state index contributed by atoms with van der Waals surface area (Å²) in [6, 6.07) is 5.50. The number of rotatable bonds is 9. The van der Waals surface area contributed by atoms with Gasteiger partial charge in [0, 0.05) is 19.3 Å². The van der Waals surface area contributed by atoms with Gasteiger partial charge < -0.3 is 19.9 Å². The van der Waals surface area contributed by atoms with Crippen LogP contribution >= 0.6 is 12.2 Å². The topological polar surface area (TPSA) is 53.7 Å². The molecule has 0 aliphatic carbocycles. The van der Waals surface area contributed by atoms with Gasteiger partial charge in [-0.15, -0.1) is 0 Å². The SMILES string of the molecule is CCOc1cc(C(N)=S)ccc1OCCCCOC. The first-order valence-corrected chi connectivity index (χ1v) is 6.78. The van der Waals surface area contributed by atoms with Gasteiger partial charge in [-0.3, -0.25) is 0 Å². The number of thiocarbonyl (C=S) groups is 1. The molecule has 0 aliphatic rings. The molecule has 4 nitrogen and oxygen atoms in total. The van der Waals surface area contributed by atoms with Crippen molar-refractivity contribution < 1.29 is 14.2 Å². The largest absolute Gasteiger partial charge is 0.490 e. The van der Waals surface area contributed by atoms with Gasteiger partial charge in [-0.25, -0.2) is 0 Å². The van der Waals surface area contributed by atoms with E-state index < -0.39 is 0 Å². The zero-order valence-corrected chi connectivity index (χ0v) is 12.3. The van der Waals surface area contributed by atoms with E-state index >= 15 is 0 Å². The van der Waals surface area contributed by atoms with Gasteiger partial charge in [-0.2, -0.15) is 0 Å². The van der Waals surface area contributed by atoms with Crippen molar-refractivity contribution in [1.29, 1.82) is 0 Å². The van der Waals surface area contributed by atoms with E-state index in [1.165, 1.54) is 0 Å². The summed E-state index contributed by atoms with van der Waals surface area (Å²) in [5.74, 6) is 1.40. The van der Waals surface area contributed by atoms with E-state index in [0.29, 0.717) is 24.0 Å². The molecule has 0 aliphatic heterocycles. The van der Waals surface area contributed by atoms with Crippen molar-refractivity contribution in [3.63, 3.8) is 0 Å². The minimum Gasteiger partial charge on any atom is -0.490 e. The summed E-state index contributed by atoms with van der Waals surface area (Å²) in [4.78, 5) is 0.354. The van der Waals surface area contributed by atoms with Crippen LogP contribution in [0.15, 0.2) is 18.2 Å². The monoisotopic (exact) mass is 283 g/mol. The molecular formula is C14H21NO3S. The molecule has 106 valence electrons. The summed E-state index contributed by atoms with van der Waals surface area (Å²) in [5, 5.41) is 0. The van der Waals surface area contributed by atoms with Crippen molar-refractivity contribution in [2.24, 2.45) is 5.73 Å². The summed E-state index contributed by atoms with van der Waals surface area (Å²) in [7, 11) is 1.70. The molecule has 0 saturated heterocycles. The second-order valence-electron chi connectivity index (χ2n) is 4.01. The molecule has 0 atom stereocenters. The molecule has 0 aromatic heterocycles. The average molecular weight is 283 g/mol. The standard InChI is InChI=1S/C14H21NO3S/c1-3-17-13-10-11(14(15)19)6-7-12(13)18-9-5-4-8-16-2/h6-7,10H,3-5,8-9H2,1-2H3,(H2,15,19). The van der Waals surface area contributed by atoms with Gasteiger partial charge in [0.15, 0.2) is 11.5 Å². The Labute approximate surface area is 119 Å². The third-order valence-electron chi connectivity index (χ3n) is 2.53. The van der Waals surface area contributed by atoms with Crippen LogP contribution in [0.4, 0.5) is 0 Å². The van der Waals surface area contributed by atoms with Gasteiger partial charge in [0.2, 0.25) is 0 Å². The number of benzene rings is 1. The van der Waals surface area contributed by atoms with E-state index in [2.05, 4.69) is 0 Å². The highest BCUT2D eigenvalue weighted by molar-refractivity contribution is 7.80. The van der Waals surface area contributed by atoms with Gasteiger partial charge in [0.25, 0.3) is 0 Å². The molecule has 1 rings (SSSR count). The molecule has 0 spiro atoms. The summed E-state index contributed by atoms with van der Waals surface area (Å²) in [6.45, 7) is 3.88. The molecule has 2 N–H and O–H groups in total. The first kappa shape index (κ1) is 15.7. The van der Waals surface area contributed by atoms with Crippen molar-refractivity contribution in [3.05, 3.63) is 23.8 Å². The van der Waals surface area contributed by atoms with Crippen LogP contribution in [0.2, 0.25) is 0 Å². The fourth-order valence-corrected chi connectivity index (χ4v) is 1.71. The second-order valence-corrected chi connectivity index (χ2v) is 4.45. The number of methoxy groups -OCH3 is 1. The van der Waals surface area contributed by atoms with E-state index in [4.69, 9.17) is 32.2 Å². The van der Waals surface area contributed by atoms with Gasteiger partial charge in [-0.1, -0.05) is 12.2 Å². The molecule has 5 heteroatoms. The first-order valence-electron chi connectivity index (χ1n) is 6.37. The Balaban J connectivity index is 2.62. The van der Waals surface area contributed by atoms with Crippen molar-refractivity contribution in [2.45, 2.75) is 19.8 Å². The summed E-state index contributed by atoms with van der Waals surface area (Å²) >= 11 is 4.95.